The molecule has 1 amide bonds. The summed E-state index contributed by atoms with van der Waals surface area (Å²) in [5.41, 5.74) is 1.97. The summed E-state index contributed by atoms with van der Waals surface area (Å²) in [6.45, 7) is 0. The van der Waals surface area contributed by atoms with Crippen molar-refractivity contribution in [1.29, 1.82) is 0 Å². The molecule has 168 valence electrons. The van der Waals surface area contributed by atoms with Crippen LogP contribution in [0.4, 0.5) is 5.69 Å². The number of hydrogen-bond acceptors (Lipinski definition) is 4. The van der Waals surface area contributed by atoms with Crippen molar-refractivity contribution < 1.29 is 14.3 Å². The molecular weight excluding hydrogens is 503 g/mol. The van der Waals surface area contributed by atoms with Gasteiger partial charge in [0, 0.05) is 15.1 Å². The first-order chi connectivity index (χ1) is 15.8. The highest BCUT2D eigenvalue weighted by Gasteiger charge is 2.42. The normalized spacial score (nSPS) is 16.5. The number of rotatable bonds is 4. The van der Waals surface area contributed by atoms with Gasteiger partial charge in [0.25, 0.3) is 5.91 Å². The maximum absolute atomic E-state index is 14.0. The molecule has 33 heavy (non-hydrogen) atoms. The van der Waals surface area contributed by atoms with Gasteiger partial charge in [-0.1, -0.05) is 71.3 Å². The summed E-state index contributed by atoms with van der Waals surface area (Å²) in [5, 5.41) is 4.55. The van der Waals surface area contributed by atoms with Gasteiger partial charge in [-0.25, -0.2) is 4.79 Å². The number of fused-ring (bicyclic) bond motifs is 1. The van der Waals surface area contributed by atoms with Crippen LogP contribution in [-0.2, 0) is 9.53 Å². The zero-order valence-electron chi connectivity index (χ0n) is 17.2. The molecule has 3 aromatic rings. The quantitative estimate of drug-likeness (QED) is 0.315. The van der Waals surface area contributed by atoms with Crippen molar-refractivity contribution in [2.75, 3.05) is 12.4 Å². The fraction of sp³-hybridized carbons (Fsp3) is 0.125. The largest absolute Gasteiger partial charge is 0.467 e. The van der Waals surface area contributed by atoms with Gasteiger partial charge in [-0.3, -0.25) is 4.79 Å². The van der Waals surface area contributed by atoms with E-state index in [1.54, 1.807) is 66.7 Å². The van der Waals surface area contributed by atoms with Crippen LogP contribution in [0.1, 0.15) is 33.6 Å². The maximum Gasteiger partial charge on any atom is 0.333 e. The minimum absolute atomic E-state index is 0.282. The number of hydrogen-bond donors (Lipinski definition) is 1. The number of esters is 1. The van der Waals surface area contributed by atoms with Gasteiger partial charge >= 0.3 is 5.97 Å². The summed E-state index contributed by atoms with van der Waals surface area (Å²) in [4.78, 5) is 28.8. The first-order valence-corrected chi connectivity index (χ1v) is 11.4. The minimum Gasteiger partial charge on any atom is -0.467 e. The summed E-state index contributed by atoms with van der Waals surface area (Å²) in [5.74, 6) is -1.07. The lowest BCUT2D eigenvalue weighted by atomic mass is 9.98. The van der Waals surface area contributed by atoms with Crippen LogP contribution in [-0.4, -0.2) is 28.9 Å². The fourth-order valence-electron chi connectivity index (χ4n) is 3.78. The topological polar surface area (TPSA) is 58.6 Å². The molecular formula is C24H17Cl3N2O3S. The van der Waals surface area contributed by atoms with Gasteiger partial charge in [0.15, 0.2) is 6.04 Å². The predicted molar refractivity (Wildman–Crippen MR) is 134 cm³/mol. The molecule has 2 atom stereocenters. The number of carbonyl (C=O) groups is 2. The Kier molecular flexibility index (Phi) is 6.91. The van der Waals surface area contributed by atoms with Gasteiger partial charge in [-0.15, -0.1) is 0 Å². The van der Waals surface area contributed by atoms with E-state index in [4.69, 9.17) is 51.8 Å². The van der Waals surface area contributed by atoms with E-state index in [2.05, 4.69) is 5.32 Å². The van der Waals surface area contributed by atoms with E-state index in [0.717, 1.165) is 0 Å². The number of halogens is 3. The molecule has 0 spiro atoms. The summed E-state index contributed by atoms with van der Waals surface area (Å²) in [7, 11) is 1.27. The van der Waals surface area contributed by atoms with E-state index < -0.39 is 24.0 Å². The van der Waals surface area contributed by atoms with Gasteiger partial charge in [0.1, 0.15) is 11.0 Å². The number of thiocarbonyl (C=S) groups is 1. The zero-order chi connectivity index (χ0) is 23.7. The molecule has 3 aromatic carbocycles. The predicted octanol–water partition coefficient (Wildman–Crippen LogP) is 6.50. The van der Waals surface area contributed by atoms with E-state index in [0.29, 0.717) is 36.9 Å². The van der Waals surface area contributed by atoms with E-state index in [9.17, 15) is 9.59 Å². The van der Waals surface area contributed by atoms with Crippen LogP contribution in [0, 0.1) is 0 Å². The number of carbonyl (C=O) groups excluding carboxylic acids is 2. The minimum atomic E-state index is -1.11. The summed E-state index contributed by atoms with van der Waals surface area (Å²) >= 11 is 24.1. The molecule has 1 N–H and O–H groups in total. The van der Waals surface area contributed by atoms with E-state index in [1.807, 2.05) is 0 Å². The molecule has 0 fully saturated rings. The third kappa shape index (κ3) is 4.70. The van der Waals surface area contributed by atoms with E-state index in [-0.39, 0.29) is 5.56 Å². The molecule has 0 bridgehead atoms. The first kappa shape index (κ1) is 23.5. The molecule has 9 heteroatoms. The average molecular weight is 520 g/mol. The van der Waals surface area contributed by atoms with Crippen LogP contribution in [0.2, 0.25) is 15.1 Å². The van der Waals surface area contributed by atoms with Crippen molar-refractivity contribution in [3.05, 3.63) is 98.5 Å². The fourth-order valence-corrected chi connectivity index (χ4v) is 4.56. The lowest BCUT2D eigenvalue weighted by Gasteiger charge is -2.36. The van der Waals surface area contributed by atoms with Crippen molar-refractivity contribution in [3.8, 4) is 0 Å². The third-order valence-corrected chi connectivity index (χ3v) is 6.37. The molecule has 1 aliphatic rings. The maximum atomic E-state index is 14.0. The second-order valence-electron chi connectivity index (χ2n) is 7.32. The summed E-state index contributed by atoms with van der Waals surface area (Å²) in [6.07, 6.45) is 0. The lowest BCUT2D eigenvalue weighted by Crippen LogP contribution is -2.44. The highest BCUT2D eigenvalue weighted by atomic mass is 35.5. The summed E-state index contributed by atoms with van der Waals surface area (Å²) in [6, 6.07) is 16.6. The molecule has 5 nitrogen and oxygen atoms in total. The average Bonchev–Trinajstić information content (AvgIpc) is 2.90. The number of benzene rings is 3. The van der Waals surface area contributed by atoms with Crippen molar-refractivity contribution in [1.82, 2.24) is 4.90 Å². The van der Waals surface area contributed by atoms with Crippen LogP contribution in [0.5, 0.6) is 0 Å². The Morgan fingerprint density at radius 1 is 0.970 bits per heavy atom. The van der Waals surface area contributed by atoms with Gasteiger partial charge in [-0.2, -0.15) is 0 Å². The summed E-state index contributed by atoms with van der Waals surface area (Å²) < 4.78 is 5.11. The van der Waals surface area contributed by atoms with Gasteiger partial charge < -0.3 is 15.0 Å². The number of nitrogens with one attached hydrogen (secondary N) is 1. The molecule has 0 radical (unpaired) electrons. The second-order valence-corrected chi connectivity index (χ2v) is 9.07. The third-order valence-electron chi connectivity index (χ3n) is 5.31. The van der Waals surface area contributed by atoms with Crippen LogP contribution in [0.3, 0.4) is 0 Å². The molecule has 0 saturated carbocycles. The number of anilines is 1. The zero-order valence-corrected chi connectivity index (χ0v) is 20.3. The Bertz CT molecular complexity index is 1190. The van der Waals surface area contributed by atoms with Crippen LogP contribution >= 0.6 is 47.0 Å². The number of ether oxygens (including phenoxy) is 1. The first-order valence-electron chi connectivity index (χ1n) is 9.82. The Hall–Kier alpha value is -2.64. The Labute approximate surface area is 211 Å². The highest BCUT2D eigenvalue weighted by molar-refractivity contribution is 7.80. The lowest BCUT2D eigenvalue weighted by molar-refractivity contribution is -0.146. The van der Waals surface area contributed by atoms with Crippen LogP contribution in [0.25, 0.3) is 0 Å². The smallest absolute Gasteiger partial charge is 0.333 e. The molecule has 1 aliphatic heterocycles. The Morgan fingerprint density at radius 2 is 1.55 bits per heavy atom. The molecule has 4 rings (SSSR count). The van der Waals surface area contributed by atoms with Gasteiger partial charge in [-0.05, 0) is 53.6 Å². The SMILES string of the molecule is COC(=O)C(c1ccc(Cl)cc1)N1C(=O)c2cc(Cl)ccc2NC(=S)C1c1ccc(Cl)cc1. The van der Waals surface area contributed by atoms with E-state index in [1.165, 1.54) is 12.0 Å². The van der Waals surface area contributed by atoms with Crippen LogP contribution < -0.4 is 5.32 Å². The van der Waals surface area contributed by atoms with Crippen molar-refractivity contribution >= 4 is 69.6 Å². The number of methoxy groups -OCH3 is 1. The van der Waals surface area contributed by atoms with Crippen molar-refractivity contribution in [2.24, 2.45) is 0 Å². The van der Waals surface area contributed by atoms with Crippen molar-refractivity contribution in [2.45, 2.75) is 12.1 Å². The van der Waals surface area contributed by atoms with Crippen LogP contribution in [0.15, 0.2) is 66.7 Å². The van der Waals surface area contributed by atoms with Crippen molar-refractivity contribution in [3.63, 3.8) is 0 Å². The monoisotopic (exact) mass is 518 g/mol. The molecule has 0 aromatic heterocycles. The molecule has 0 saturated heterocycles. The molecule has 2 unspecified atom stereocenters. The van der Waals surface area contributed by atoms with Gasteiger partial charge in [0.05, 0.1) is 18.4 Å². The highest BCUT2D eigenvalue weighted by Crippen LogP contribution is 2.39. The molecule has 1 heterocycles. The number of amides is 1. The standard InChI is InChI=1S/C24H17Cl3N2O3S/c1-32-24(31)21(14-4-8-16(26)9-5-14)29-20(13-2-6-15(25)7-3-13)22(33)28-19-11-10-17(27)12-18(19)23(29)30/h2-12,20-21H,1H3,(H,28,33). The Morgan fingerprint density at radius 3 is 2.15 bits per heavy atom. The van der Waals surface area contributed by atoms with E-state index >= 15 is 0 Å². The number of nitrogens with zero attached hydrogens (tertiary/aromatic N) is 1. The van der Waals surface area contributed by atoms with Gasteiger partial charge in [0.2, 0.25) is 0 Å². The Balaban J connectivity index is 1.97. The molecule has 0 aliphatic carbocycles. The second kappa shape index (κ2) is 9.69.